The van der Waals surface area contributed by atoms with Gasteiger partial charge in [-0.3, -0.25) is 14.4 Å². The third-order valence-corrected chi connectivity index (χ3v) is 4.87. The lowest BCUT2D eigenvalue weighted by Gasteiger charge is -2.32. The second kappa shape index (κ2) is 10.3. The van der Waals surface area contributed by atoms with Crippen LogP contribution >= 0.6 is 0 Å². The molecular weight excluding hydrogens is 401 g/mol. The highest BCUT2D eigenvalue weighted by molar-refractivity contribution is 5.94. The van der Waals surface area contributed by atoms with Gasteiger partial charge in [-0.15, -0.1) is 0 Å². The van der Waals surface area contributed by atoms with Gasteiger partial charge >= 0.3 is 12.1 Å². The van der Waals surface area contributed by atoms with E-state index in [4.69, 9.17) is 4.74 Å². The van der Waals surface area contributed by atoms with E-state index in [9.17, 15) is 27.6 Å². The molecule has 1 fully saturated rings. The normalized spacial score (nSPS) is 15.3. The van der Waals surface area contributed by atoms with Gasteiger partial charge in [0.25, 0.3) is 0 Å². The fourth-order valence-electron chi connectivity index (χ4n) is 3.08. The van der Waals surface area contributed by atoms with E-state index in [1.54, 1.807) is 11.8 Å². The Bertz CT molecular complexity index is 782. The second-order valence-corrected chi connectivity index (χ2v) is 7.05. The molecule has 164 valence electrons. The first-order chi connectivity index (χ1) is 14.1. The van der Waals surface area contributed by atoms with Gasteiger partial charge in [-0.25, -0.2) is 0 Å². The number of piperidine rings is 1. The molecular formula is C21H25F3N2O4. The van der Waals surface area contributed by atoms with Gasteiger partial charge in [0.05, 0.1) is 24.6 Å². The molecule has 1 aromatic rings. The molecule has 0 radical (unpaired) electrons. The van der Waals surface area contributed by atoms with E-state index in [-0.39, 0.29) is 24.3 Å². The van der Waals surface area contributed by atoms with Gasteiger partial charge in [0.1, 0.15) is 0 Å². The molecule has 0 saturated carbocycles. The molecule has 1 heterocycles. The lowest BCUT2D eigenvalue weighted by atomic mass is 9.97. The average molecular weight is 426 g/mol. The van der Waals surface area contributed by atoms with Gasteiger partial charge in [-0.2, -0.15) is 13.2 Å². The van der Waals surface area contributed by atoms with Crippen molar-refractivity contribution in [3.05, 3.63) is 41.5 Å². The lowest BCUT2D eigenvalue weighted by Crippen LogP contribution is -2.45. The summed E-state index contributed by atoms with van der Waals surface area (Å²) in [5, 5.41) is 0. The van der Waals surface area contributed by atoms with Gasteiger partial charge in [0, 0.05) is 26.2 Å². The number of carbonyl (C=O) groups excluding carboxylic acids is 3. The Hall–Kier alpha value is -2.84. The van der Waals surface area contributed by atoms with Crippen LogP contribution in [0, 0.1) is 5.92 Å². The zero-order valence-corrected chi connectivity index (χ0v) is 16.9. The number of amides is 2. The summed E-state index contributed by atoms with van der Waals surface area (Å²) in [5.41, 5.74) is -0.322. The number of rotatable bonds is 6. The monoisotopic (exact) mass is 426 g/mol. The molecule has 0 spiro atoms. The van der Waals surface area contributed by atoms with Crippen molar-refractivity contribution in [1.82, 2.24) is 9.80 Å². The third-order valence-electron chi connectivity index (χ3n) is 4.87. The highest BCUT2D eigenvalue weighted by atomic mass is 19.4. The van der Waals surface area contributed by atoms with Crippen molar-refractivity contribution in [2.24, 2.45) is 5.92 Å². The molecule has 1 aliphatic heterocycles. The van der Waals surface area contributed by atoms with E-state index in [1.807, 2.05) is 0 Å². The van der Waals surface area contributed by atoms with Gasteiger partial charge in [0.15, 0.2) is 0 Å². The van der Waals surface area contributed by atoms with Crippen molar-refractivity contribution in [3.8, 4) is 0 Å². The first-order valence-corrected chi connectivity index (χ1v) is 9.66. The lowest BCUT2D eigenvalue weighted by molar-refractivity contribution is -0.151. The molecule has 0 atom stereocenters. The zero-order valence-electron chi connectivity index (χ0n) is 16.9. The topological polar surface area (TPSA) is 66.9 Å². The number of likely N-dealkylation sites (N-methyl/N-ethyl adjacent to an activating group) is 1. The highest BCUT2D eigenvalue weighted by Crippen LogP contribution is 2.29. The van der Waals surface area contributed by atoms with Gasteiger partial charge < -0.3 is 14.5 Å². The zero-order chi connectivity index (χ0) is 22.3. The van der Waals surface area contributed by atoms with Crippen LogP contribution < -0.4 is 0 Å². The average Bonchev–Trinajstić information content (AvgIpc) is 2.71. The van der Waals surface area contributed by atoms with Crippen molar-refractivity contribution in [3.63, 3.8) is 0 Å². The molecule has 6 nitrogen and oxygen atoms in total. The summed E-state index contributed by atoms with van der Waals surface area (Å²) in [4.78, 5) is 39.2. The van der Waals surface area contributed by atoms with E-state index < -0.39 is 17.6 Å². The number of esters is 1. The van der Waals surface area contributed by atoms with Crippen LogP contribution in [0.5, 0.6) is 0 Å². The quantitative estimate of drug-likeness (QED) is 0.518. The SMILES string of the molecule is CCOC(=O)C1CCN(C(=O)CN(C)C(=O)/C=C/c2ccc(C(F)(F)F)cc2)CC1. The molecule has 0 bridgehead atoms. The minimum absolute atomic E-state index is 0.125. The number of likely N-dealkylation sites (tertiary alicyclic amines) is 1. The predicted octanol–water partition coefficient (Wildman–Crippen LogP) is 2.98. The molecule has 0 aliphatic carbocycles. The van der Waals surface area contributed by atoms with Crippen LogP contribution in [0.3, 0.4) is 0 Å². The summed E-state index contributed by atoms with van der Waals surface area (Å²) < 4.78 is 42.7. The number of nitrogens with zero attached hydrogens (tertiary/aromatic N) is 2. The Morgan fingerprint density at radius 3 is 2.30 bits per heavy atom. The van der Waals surface area contributed by atoms with Crippen LogP contribution in [0.1, 0.15) is 30.9 Å². The maximum atomic E-state index is 12.6. The Morgan fingerprint density at radius 1 is 1.17 bits per heavy atom. The predicted molar refractivity (Wildman–Crippen MR) is 104 cm³/mol. The summed E-state index contributed by atoms with van der Waals surface area (Å²) >= 11 is 0. The largest absolute Gasteiger partial charge is 0.466 e. The number of carbonyl (C=O) groups is 3. The van der Waals surface area contributed by atoms with Crippen LogP contribution in [-0.4, -0.2) is 60.9 Å². The fourth-order valence-corrected chi connectivity index (χ4v) is 3.08. The van der Waals surface area contributed by atoms with Crippen molar-refractivity contribution in [2.45, 2.75) is 25.9 Å². The summed E-state index contributed by atoms with van der Waals surface area (Å²) in [7, 11) is 1.47. The third kappa shape index (κ3) is 6.60. The van der Waals surface area contributed by atoms with E-state index in [0.29, 0.717) is 38.1 Å². The van der Waals surface area contributed by atoms with E-state index in [1.165, 1.54) is 36.2 Å². The second-order valence-electron chi connectivity index (χ2n) is 7.05. The number of benzene rings is 1. The van der Waals surface area contributed by atoms with Crippen LogP contribution in [0.25, 0.3) is 6.08 Å². The van der Waals surface area contributed by atoms with Crippen molar-refractivity contribution >= 4 is 23.9 Å². The summed E-state index contributed by atoms with van der Waals surface area (Å²) in [6.45, 7) is 2.79. The smallest absolute Gasteiger partial charge is 0.416 e. The van der Waals surface area contributed by atoms with E-state index >= 15 is 0 Å². The van der Waals surface area contributed by atoms with Gasteiger partial charge in [-0.05, 0) is 43.5 Å². The molecule has 0 N–H and O–H groups in total. The molecule has 2 amide bonds. The van der Waals surface area contributed by atoms with Crippen LogP contribution in [0.15, 0.2) is 30.3 Å². The minimum Gasteiger partial charge on any atom is -0.466 e. The van der Waals surface area contributed by atoms with Crippen molar-refractivity contribution in [2.75, 3.05) is 33.3 Å². The molecule has 1 aromatic carbocycles. The van der Waals surface area contributed by atoms with Crippen LogP contribution in [0.2, 0.25) is 0 Å². The molecule has 9 heteroatoms. The highest BCUT2D eigenvalue weighted by Gasteiger charge is 2.30. The Kier molecular flexibility index (Phi) is 8.02. The fraction of sp³-hybridized carbons (Fsp3) is 0.476. The minimum atomic E-state index is -4.41. The Labute approximate surface area is 173 Å². The number of ether oxygens (including phenoxy) is 1. The number of hydrogen-bond donors (Lipinski definition) is 0. The summed E-state index contributed by atoms with van der Waals surface area (Å²) in [6, 6.07) is 4.42. The van der Waals surface area contributed by atoms with Crippen LogP contribution in [0.4, 0.5) is 13.2 Å². The van der Waals surface area contributed by atoms with Crippen LogP contribution in [-0.2, 0) is 25.3 Å². The van der Waals surface area contributed by atoms with Crippen molar-refractivity contribution < 1.29 is 32.3 Å². The molecule has 0 unspecified atom stereocenters. The maximum Gasteiger partial charge on any atom is 0.416 e. The first-order valence-electron chi connectivity index (χ1n) is 9.66. The molecule has 0 aromatic heterocycles. The van der Waals surface area contributed by atoms with Gasteiger partial charge in [0.2, 0.25) is 11.8 Å². The van der Waals surface area contributed by atoms with E-state index in [0.717, 1.165) is 12.1 Å². The molecule has 1 saturated heterocycles. The molecule has 2 rings (SSSR count). The molecule has 30 heavy (non-hydrogen) atoms. The maximum absolute atomic E-state index is 12.6. The molecule has 1 aliphatic rings. The summed E-state index contributed by atoms with van der Waals surface area (Å²) in [6.07, 6.45) is -0.757. The Morgan fingerprint density at radius 2 is 1.77 bits per heavy atom. The number of hydrogen-bond acceptors (Lipinski definition) is 4. The first kappa shape index (κ1) is 23.4. The summed E-state index contributed by atoms with van der Waals surface area (Å²) in [5.74, 6) is -1.12. The Balaban J connectivity index is 1.83. The number of halogens is 3. The van der Waals surface area contributed by atoms with Gasteiger partial charge in [-0.1, -0.05) is 12.1 Å². The van der Waals surface area contributed by atoms with Crippen molar-refractivity contribution in [1.29, 1.82) is 0 Å². The number of alkyl halides is 3. The standard InChI is InChI=1S/C21H25F3N2O4/c1-3-30-20(29)16-10-12-26(13-11-16)19(28)14-25(2)18(27)9-6-15-4-7-17(8-5-15)21(22,23)24/h4-9,16H,3,10-14H2,1-2H3/b9-6+. The van der Waals surface area contributed by atoms with E-state index in [2.05, 4.69) is 0 Å².